The molecule has 140 valence electrons. The summed E-state index contributed by atoms with van der Waals surface area (Å²) in [7, 11) is 1.73. The molecule has 1 aliphatic heterocycles. The second kappa shape index (κ2) is 7.92. The van der Waals surface area contributed by atoms with Gasteiger partial charge in [0.05, 0.1) is 23.1 Å². The standard InChI is InChI=1S/C20H21N3O3S/c1-12-8-13(2)21-14(9-12)11-23(3)20(26)15-6-4-5-7-16(15)27-17-10-18(24)22-19(17)25/h4-9,17H,10-11H2,1-3H3,(H,22,24,25). The Labute approximate surface area is 162 Å². The monoisotopic (exact) mass is 383 g/mol. The molecule has 0 bridgehead atoms. The van der Waals surface area contributed by atoms with Crippen LogP contribution in [0.2, 0.25) is 0 Å². The predicted molar refractivity (Wildman–Crippen MR) is 103 cm³/mol. The zero-order valence-electron chi connectivity index (χ0n) is 15.5. The number of nitrogens with zero attached hydrogens (tertiary/aromatic N) is 2. The Balaban J connectivity index is 1.78. The van der Waals surface area contributed by atoms with Crippen LogP contribution in [0.4, 0.5) is 0 Å². The van der Waals surface area contributed by atoms with Crippen LogP contribution in [-0.2, 0) is 16.1 Å². The highest BCUT2D eigenvalue weighted by atomic mass is 32.2. The summed E-state index contributed by atoms with van der Waals surface area (Å²) in [6.45, 7) is 4.32. The summed E-state index contributed by atoms with van der Waals surface area (Å²) in [5.74, 6) is -0.733. The largest absolute Gasteiger partial charge is 0.336 e. The highest BCUT2D eigenvalue weighted by Crippen LogP contribution is 2.31. The minimum Gasteiger partial charge on any atom is -0.336 e. The fourth-order valence-electron chi connectivity index (χ4n) is 3.05. The quantitative estimate of drug-likeness (QED) is 0.803. The minimum atomic E-state index is -0.502. The van der Waals surface area contributed by atoms with Gasteiger partial charge in [0, 0.05) is 24.1 Å². The SMILES string of the molecule is Cc1cc(C)nc(CN(C)C(=O)c2ccccc2SC2CC(=O)NC2=O)c1. The van der Waals surface area contributed by atoms with Crippen LogP contribution in [-0.4, -0.2) is 39.9 Å². The first-order valence-electron chi connectivity index (χ1n) is 8.62. The van der Waals surface area contributed by atoms with Crippen molar-refractivity contribution in [2.75, 3.05) is 7.05 Å². The number of rotatable bonds is 5. The minimum absolute atomic E-state index is 0.133. The molecule has 1 unspecified atom stereocenters. The van der Waals surface area contributed by atoms with Gasteiger partial charge in [-0.3, -0.25) is 24.7 Å². The molecular formula is C20H21N3O3S. The van der Waals surface area contributed by atoms with E-state index < -0.39 is 5.25 Å². The van der Waals surface area contributed by atoms with Gasteiger partial charge in [0.25, 0.3) is 5.91 Å². The fourth-order valence-corrected chi connectivity index (χ4v) is 4.20. The zero-order chi connectivity index (χ0) is 19.6. The topological polar surface area (TPSA) is 79.4 Å². The van der Waals surface area contributed by atoms with Crippen LogP contribution >= 0.6 is 11.8 Å². The van der Waals surface area contributed by atoms with Gasteiger partial charge in [0.1, 0.15) is 0 Å². The van der Waals surface area contributed by atoms with E-state index in [9.17, 15) is 14.4 Å². The van der Waals surface area contributed by atoms with E-state index in [4.69, 9.17) is 0 Å². The molecule has 1 N–H and O–H groups in total. The molecule has 1 atom stereocenters. The van der Waals surface area contributed by atoms with Crippen LogP contribution in [0.1, 0.15) is 33.7 Å². The summed E-state index contributed by atoms with van der Waals surface area (Å²) in [6.07, 6.45) is 0.133. The van der Waals surface area contributed by atoms with Crippen molar-refractivity contribution in [3.05, 3.63) is 58.9 Å². The number of nitrogens with one attached hydrogen (secondary N) is 1. The van der Waals surface area contributed by atoms with Crippen LogP contribution < -0.4 is 5.32 Å². The number of carbonyl (C=O) groups excluding carboxylic acids is 3. The molecule has 3 rings (SSSR count). The van der Waals surface area contributed by atoms with E-state index in [0.29, 0.717) is 17.0 Å². The summed E-state index contributed by atoms with van der Waals surface area (Å²) in [5, 5.41) is 1.80. The Morgan fingerprint density at radius 1 is 1.26 bits per heavy atom. The van der Waals surface area contributed by atoms with E-state index in [1.807, 2.05) is 32.0 Å². The normalized spacial score (nSPS) is 16.3. The van der Waals surface area contributed by atoms with Crippen LogP contribution in [0, 0.1) is 13.8 Å². The molecule has 0 saturated carbocycles. The van der Waals surface area contributed by atoms with Crippen molar-refractivity contribution in [1.29, 1.82) is 0 Å². The van der Waals surface area contributed by atoms with E-state index in [0.717, 1.165) is 17.0 Å². The smallest absolute Gasteiger partial charge is 0.255 e. The molecule has 6 nitrogen and oxygen atoms in total. The summed E-state index contributed by atoms with van der Waals surface area (Å²) in [5.41, 5.74) is 3.36. The number of hydrogen-bond donors (Lipinski definition) is 1. The maximum absolute atomic E-state index is 13.0. The van der Waals surface area contributed by atoms with Crippen molar-refractivity contribution < 1.29 is 14.4 Å². The third-order valence-corrected chi connectivity index (χ3v) is 5.48. The van der Waals surface area contributed by atoms with Crippen molar-refractivity contribution in [3.63, 3.8) is 0 Å². The Morgan fingerprint density at radius 3 is 2.67 bits per heavy atom. The lowest BCUT2D eigenvalue weighted by molar-refractivity contribution is -0.124. The number of amides is 3. The number of benzene rings is 1. The van der Waals surface area contributed by atoms with E-state index in [1.165, 1.54) is 11.8 Å². The van der Waals surface area contributed by atoms with Gasteiger partial charge in [-0.15, -0.1) is 11.8 Å². The summed E-state index contributed by atoms with van der Waals surface area (Å²) < 4.78 is 0. The third-order valence-electron chi connectivity index (χ3n) is 4.21. The lowest BCUT2D eigenvalue weighted by Gasteiger charge is -2.19. The van der Waals surface area contributed by atoms with Gasteiger partial charge in [0.15, 0.2) is 0 Å². The summed E-state index contributed by atoms with van der Waals surface area (Å²) >= 11 is 1.25. The molecule has 1 aliphatic rings. The number of aromatic nitrogens is 1. The van der Waals surface area contributed by atoms with Crippen LogP contribution in [0.15, 0.2) is 41.3 Å². The van der Waals surface area contributed by atoms with Crippen LogP contribution in [0.25, 0.3) is 0 Å². The van der Waals surface area contributed by atoms with Crippen molar-refractivity contribution >= 4 is 29.5 Å². The summed E-state index contributed by atoms with van der Waals surface area (Å²) in [4.78, 5) is 43.0. The molecule has 27 heavy (non-hydrogen) atoms. The van der Waals surface area contributed by atoms with E-state index in [-0.39, 0.29) is 24.1 Å². The molecule has 1 aromatic heterocycles. The van der Waals surface area contributed by atoms with Crippen LogP contribution in [0.5, 0.6) is 0 Å². The van der Waals surface area contributed by atoms with Crippen molar-refractivity contribution in [2.24, 2.45) is 0 Å². The Morgan fingerprint density at radius 2 is 2.00 bits per heavy atom. The number of aryl methyl sites for hydroxylation is 2. The molecule has 1 fully saturated rings. The third kappa shape index (κ3) is 4.54. The van der Waals surface area contributed by atoms with Gasteiger partial charge in [-0.25, -0.2) is 0 Å². The van der Waals surface area contributed by atoms with Crippen molar-refractivity contribution in [1.82, 2.24) is 15.2 Å². The average Bonchev–Trinajstić information content (AvgIpc) is 2.91. The molecule has 3 amide bonds. The van der Waals surface area contributed by atoms with Gasteiger partial charge in [0.2, 0.25) is 11.8 Å². The second-order valence-electron chi connectivity index (χ2n) is 6.66. The Hall–Kier alpha value is -2.67. The highest BCUT2D eigenvalue weighted by Gasteiger charge is 2.32. The van der Waals surface area contributed by atoms with Gasteiger partial charge >= 0.3 is 0 Å². The van der Waals surface area contributed by atoms with Crippen molar-refractivity contribution in [3.8, 4) is 0 Å². The fraction of sp³-hybridized carbons (Fsp3) is 0.300. The zero-order valence-corrected chi connectivity index (χ0v) is 16.3. The molecule has 2 aromatic rings. The van der Waals surface area contributed by atoms with Gasteiger partial charge < -0.3 is 4.90 Å². The first-order chi connectivity index (χ1) is 12.8. The van der Waals surface area contributed by atoms with Gasteiger partial charge in [-0.2, -0.15) is 0 Å². The predicted octanol–water partition coefficient (Wildman–Crippen LogP) is 2.48. The van der Waals surface area contributed by atoms with Gasteiger partial charge in [-0.1, -0.05) is 12.1 Å². The molecular weight excluding hydrogens is 362 g/mol. The Kier molecular flexibility index (Phi) is 5.60. The number of carbonyl (C=O) groups is 3. The van der Waals surface area contributed by atoms with Crippen LogP contribution in [0.3, 0.4) is 0 Å². The highest BCUT2D eigenvalue weighted by molar-refractivity contribution is 8.00. The molecule has 2 heterocycles. The van der Waals surface area contributed by atoms with E-state index >= 15 is 0 Å². The second-order valence-corrected chi connectivity index (χ2v) is 7.90. The number of pyridine rings is 1. The molecule has 0 aliphatic carbocycles. The Bertz CT molecular complexity index is 893. The lowest BCUT2D eigenvalue weighted by Crippen LogP contribution is -2.27. The molecule has 7 heteroatoms. The average molecular weight is 383 g/mol. The molecule has 1 aromatic carbocycles. The maximum Gasteiger partial charge on any atom is 0.255 e. The van der Waals surface area contributed by atoms with Crippen molar-refractivity contribution in [2.45, 2.75) is 37.0 Å². The first-order valence-corrected chi connectivity index (χ1v) is 9.50. The lowest BCUT2D eigenvalue weighted by atomic mass is 10.2. The first kappa shape index (κ1) is 19.1. The molecule has 0 radical (unpaired) electrons. The van der Waals surface area contributed by atoms with E-state index in [1.54, 1.807) is 30.1 Å². The number of imide groups is 1. The van der Waals surface area contributed by atoms with E-state index in [2.05, 4.69) is 10.3 Å². The van der Waals surface area contributed by atoms with Gasteiger partial charge in [-0.05, 0) is 43.7 Å². The number of hydrogen-bond acceptors (Lipinski definition) is 5. The molecule has 1 saturated heterocycles. The molecule has 0 spiro atoms. The number of thioether (sulfide) groups is 1. The maximum atomic E-state index is 13.0. The summed E-state index contributed by atoms with van der Waals surface area (Å²) in [6, 6.07) is 11.1.